The fourth-order valence-corrected chi connectivity index (χ4v) is 3.17. The summed E-state index contributed by atoms with van der Waals surface area (Å²) in [5.41, 5.74) is 6.03. The normalized spacial score (nSPS) is 30.9. The minimum Gasteiger partial charge on any atom is -0.394 e. The lowest BCUT2D eigenvalue weighted by atomic mass is 9.94. The number of nitrogens with zero attached hydrogens (tertiary/aromatic N) is 1. The van der Waals surface area contributed by atoms with E-state index in [0.717, 1.165) is 12.5 Å². The third-order valence-electron chi connectivity index (χ3n) is 4.72. The van der Waals surface area contributed by atoms with Crippen LogP contribution >= 0.6 is 0 Å². The second-order valence-corrected chi connectivity index (χ2v) is 6.15. The molecule has 3 heteroatoms. The van der Waals surface area contributed by atoms with Gasteiger partial charge >= 0.3 is 0 Å². The lowest BCUT2D eigenvalue weighted by molar-refractivity contribution is 0.122. The van der Waals surface area contributed by atoms with Gasteiger partial charge in [0, 0.05) is 6.54 Å². The van der Waals surface area contributed by atoms with E-state index in [9.17, 15) is 5.11 Å². The Kier molecular flexibility index (Phi) is 4.45. The predicted molar refractivity (Wildman–Crippen MR) is 70.8 cm³/mol. The molecular weight excluding hydrogens is 212 g/mol. The Bertz CT molecular complexity index is 242. The molecule has 1 aliphatic heterocycles. The third kappa shape index (κ3) is 3.43. The van der Waals surface area contributed by atoms with E-state index < -0.39 is 0 Å². The zero-order valence-electron chi connectivity index (χ0n) is 11.2. The van der Waals surface area contributed by atoms with Crippen LogP contribution in [-0.2, 0) is 0 Å². The third-order valence-corrected chi connectivity index (χ3v) is 4.72. The first-order valence-electron chi connectivity index (χ1n) is 7.30. The van der Waals surface area contributed by atoms with E-state index in [1.807, 2.05) is 0 Å². The zero-order valence-corrected chi connectivity index (χ0v) is 11.2. The predicted octanol–water partition coefficient (Wildman–Crippen LogP) is 1.60. The average molecular weight is 240 g/mol. The van der Waals surface area contributed by atoms with Crippen molar-refractivity contribution in [2.75, 3.05) is 26.2 Å². The minimum atomic E-state index is -0.327. The molecule has 2 fully saturated rings. The van der Waals surface area contributed by atoms with Gasteiger partial charge in [-0.05, 0) is 57.0 Å². The van der Waals surface area contributed by atoms with E-state index in [1.165, 1.54) is 51.6 Å². The lowest BCUT2D eigenvalue weighted by Gasteiger charge is -2.33. The van der Waals surface area contributed by atoms with Gasteiger partial charge in [0.1, 0.15) is 0 Å². The topological polar surface area (TPSA) is 49.5 Å². The molecule has 17 heavy (non-hydrogen) atoms. The van der Waals surface area contributed by atoms with Gasteiger partial charge in [-0.15, -0.1) is 0 Å². The average Bonchev–Trinajstić information content (AvgIpc) is 3.16. The molecule has 0 radical (unpaired) electrons. The van der Waals surface area contributed by atoms with Crippen molar-refractivity contribution in [2.24, 2.45) is 17.6 Å². The van der Waals surface area contributed by atoms with Gasteiger partial charge in [-0.1, -0.05) is 13.3 Å². The van der Waals surface area contributed by atoms with Crippen LogP contribution in [0.4, 0.5) is 0 Å². The second-order valence-electron chi connectivity index (χ2n) is 6.15. The largest absolute Gasteiger partial charge is 0.394 e. The molecule has 0 spiro atoms. The fraction of sp³-hybridized carbons (Fsp3) is 1.00. The Morgan fingerprint density at radius 2 is 2.00 bits per heavy atom. The fourth-order valence-electron chi connectivity index (χ4n) is 3.17. The molecule has 1 heterocycles. The van der Waals surface area contributed by atoms with Gasteiger partial charge < -0.3 is 15.7 Å². The van der Waals surface area contributed by atoms with E-state index in [1.54, 1.807) is 0 Å². The Morgan fingerprint density at radius 3 is 2.59 bits per heavy atom. The summed E-state index contributed by atoms with van der Waals surface area (Å²) in [6.07, 6.45) is 7.70. The molecular formula is C14H28N2O. The number of rotatable bonds is 5. The maximum atomic E-state index is 9.54. The van der Waals surface area contributed by atoms with Crippen molar-refractivity contribution >= 4 is 0 Å². The van der Waals surface area contributed by atoms with Crippen molar-refractivity contribution in [3.63, 3.8) is 0 Å². The summed E-state index contributed by atoms with van der Waals surface area (Å²) >= 11 is 0. The molecule has 1 saturated carbocycles. The summed E-state index contributed by atoms with van der Waals surface area (Å²) in [6.45, 7) is 5.67. The Morgan fingerprint density at radius 1 is 1.24 bits per heavy atom. The lowest BCUT2D eigenvalue weighted by Crippen LogP contribution is -2.55. The van der Waals surface area contributed by atoms with Crippen LogP contribution in [0, 0.1) is 11.8 Å². The first kappa shape index (κ1) is 13.3. The first-order chi connectivity index (χ1) is 8.18. The Balaban J connectivity index is 1.85. The van der Waals surface area contributed by atoms with Gasteiger partial charge in [0.15, 0.2) is 0 Å². The van der Waals surface area contributed by atoms with Crippen LogP contribution in [-0.4, -0.2) is 41.8 Å². The standard InChI is InChI=1S/C14H28N2O/c1-2-12-4-3-8-16(9-7-12)10-14(15,11-17)13-5-6-13/h12-13,17H,2-11,15H2,1H3. The SMILES string of the molecule is CCC1CCCN(CC(N)(CO)C2CC2)CC1. The van der Waals surface area contributed by atoms with Gasteiger partial charge in [0.25, 0.3) is 0 Å². The molecule has 1 saturated heterocycles. The second kappa shape index (κ2) is 5.68. The molecule has 3 N–H and O–H groups in total. The highest BCUT2D eigenvalue weighted by atomic mass is 16.3. The van der Waals surface area contributed by atoms with Crippen LogP contribution < -0.4 is 5.73 Å². The quantitative estimate of drug-likeness (QED) is 0.767. The van der Waals surface area contributed by atoms with Crippen molar-refractivity contribution < 1.29 is 5.11 Å². The number of nitrogens with two attached hydrogens (primary N) is 1. The zero-order chi connectivity index (χ0) is 12.3. The van der Waals surface area contributed by atoms with Gasteiger partial charge in [-0.25, -0.2) is 0 Å². The molecule has 1 aliphatic carbocycles. The van der Waals surface area contributed by atoms with Gasteiger partial charge in [-0.2, -0.15) is 0 Å². The van der Waals surface area contributed by atoms with E-state index in [2.05, 4.69) is 11.8 Å². The molecule has 0 bridgehead atoms. The maximum absolute atomic E-state index is 9.54. The number of aliphatic hydroxyl groups is 1. The monoisotopic (exact) mass is 240 g/mol. The number of aliphatic hydroxyl groups excluding tert-OH is 1. The highest BCUT2D eigenvalue weighted by Gasteiger charge is 2.42. The minimum absolute atomic E-state index is 0.144. The molecule has 2 atom stereocenters. The number of hydrogen-bond donors (Lipinski definition) is 2. The summed E-state index contributed by atoms with van der Waals surface area (Å²) < 4.78 is 0. The summed E-state index contributed by atoms with van der Waals surface area (Å²) in [5.74, 6) is 1.47. The van der Waals surface area contributed by atoms with Crippen LogP contribution in [0.25, 0.3) is 0 Å². The van der Waals surface area contributed by atoms with Crippen molar-refractivity contribution in [3.05, 3.63) is 0 Å². The smallest absolute Gasteiger partial charge is 0.0626 e. The van der Waals surface area contributed by atoms with E-state index in [0.29, 0.717) is 5.92 Å². The molecule has 100 valence electrons. The van der Waals surface area contributed by atoms with Gasteiger partial charge in [-0.3, -0.25) is 0 Å². The molecule has 3 nitrogen and oxygen atoms in total. The van der Waals surface area contributed by atoms with Crippen molar-refractivity contribution in [1.82, 2.24) is 4.90 Å². The van der Waals surface area contributed by atoms with Crippen LogP contribution in [0.5, 0.6) is 0 Å². The number of hydrogen-bond acceptors (Lipinski definition) is 3. The van der Waals surface area contributed by atoms with Crippen LogP contribution in [0.1, 0.15) is 45.4 Å². The van der Waals surface area contributed by atoms with Crippen molar-refractivity contribution in [1.29, 1.82) is 0 Å². The van der Waals surface area contributed by atoms with E-state index in [4.69, 9.17) is 5.73 Å². The molecule has 0 amide bonds. The summed E-state index contributed by atoms with van der Waals surface area (Å²) in [7, 11) is 0. The van der Waals surface area contributed by atoms with Crippen LogP contribution in [0.2, 0.25) is 0 Å². The van der Waals surface area contributed by atoms with Crippen LogP contribution in [0.3, 0.4) is 0 Å². The molecule has 0 aromatic rings. The summed E-state index contributed by atoms with van der Waals surface area (Å²) in [6, 6.07) is 0. The number of likely N-dealkylation sites (tertiary alicyclic amines) is 1. The maximum Gasteiger partial charge on any atom is 0.0626 e. The van der Waals surface area contributed by atoms with Gasteiger partial charge in [0.2, 0.25) is 0 Å². The molecule has 2 unspecified atom stereocenters. The molecule has 2 rings (SSSR count). The van der Waals surface area contributed by atoms with E-state index in [-0.39, 0.29) is 12.1 Å². The Labute approximate surface area is 105 Å². The van der Waals surface area contributed by atoms with Crippen molar-refractivity contribution in [2.45, 2.75) is 51.0 Å². The first-order valence-corrected chi connectivity index (χ1v) is 7.30. The molecule has 0 aromatic carbocycles. The van der Waals surface area contributed by atoms with Gasteiger partial charge in [0.05, 0.1) is 12.1 Å². The highest BCUT2D eigenvalue weighted by molar-refractivity contribution is 5.00. The van der Waals surface area contributed by atoms with E-state index >= 15 is 0 Å². The molecule has 0 aromatic heterocycles. The van der Waals surface area contributed by atoms with Crippen molar-refractivity contribution in [3.8, 4) is 0 Å². The molecule has 2 aliphatic rings. The Hall–Kier alpha value is -0.120. The summed E-state index contributed by atoms with van der Waals surface area (Å²) in [4.78, 5) is 2.49. The highest BCUT2D eigenvalue weighted by Crippen LogP contribution is 2.38. The van der Waals surface area contributed by atoms with Crippen LogP contribution in [0.15, 0.2) is 0 Å². The summed E-state index contributed by atoms with van der Waals surface area (Å²) in [5, 5.41) is 9.54.